The molecule has 0 spiro atoms. The van der Waals surface area contributed by atoms with Gasteiger partial charge in [0, 0.05) is 0 Å². The second-order valence-corrected chi connectivity index (χ2v) is 8.52. The molecule has 3 aromatic carbocycles. The van der Waals surface area contributed by atoms with Crippen LogP contribution in [0.4, 0.5) is 32.0 Å². The van der Waals surface area contributed by atoms with Crippen molar-refractivity contribution in [2.24, 2.45) is 0 Å². The number of nitrogens with one attached hydrogen (secondary N) is 1. The molecule has 0 fully saturated rings. The summed E-state index contributed by atoms with van der Waals surface area (Å²) in [6.45, 7) is 0. The molecular formula is C26H16ClF6NO7. The molecule has 3 aromatic rings. The van der Waals surface area contributed by atoms with Gasteiger partial charge >= 0.3 is 30.3 Å². The number of para-hydroxylation sites is 1. The number of esters is 2. The van der Waals surface area contributed by atoms with Gasteiger partial charge in [0.25, 0.3) is 5.91 Å². The number of hydrogen-bond donors (Lipinski definition) is 2. The van der Waals surface area contributed by atoms with E-state index in [1.54, 1.807) is 0 Å². The zero-order valence-corrected chi connectivity index (χ0v) is 20.9. The fourth-order valence-electron chi connectivity index (χ4n) is 3.27. The molecule has 216 valence electrons. The maximum atomic E-state index is 13.1. The molecule has 0 aliphatic heterocycles. The van der Waals surface area contributed by atoms with E-state index in [0.717, 1.165) is 24.3 Å². The van der Waals surface area contributed by atoms with Crippen LogP contribution in [-0.2, 0) is 31.4 Å². The van der Waals surface area contributed by atoms with Gasteiger partial charge in [0.1, 0.15) is 0 Å². The summed E-state index contributed by atoms with van der Waals surface area (Å²) in [5, 5.41) is 11.8. The van der Waals surface area contributed by atoms with Crippen LogP contribution in [0.2, 0.25) is 5.02 Å². The standard InChI is InChI=1S/C26H16ClF6NO7/c27-17-9-1-2-10-18(17)34-21(35)19(40-23(38)13-5-3-7-15(11-13)25(28,29)30)20(22(36)37)41-24(39)14-6-4-8-16(12-14)26(31,32)33/h1-12,19-20H,(H,34,35)(H,36,37)/t19-,20-/m1/s1. The van der Waals surface area contributed by atoms with Gasteiger partial charge in [-0.15, -0.1) is 0 Å². The van der Waals surface area contributed by atoms with Crippen molar-refractivity contribution in [1.29, 1.82) is 0 Å². The van der Waals surface area contributed by atoms with Gasteiger partial charge in [0.05, 0.1) is 33.0 Å². The monoisotopic (exact) mass is 603 g/mol. The normalized spacial score (nSPS) is 13.0. The van der Waals surface area contributed by atoms with Crippen LogP contribution in [0.5, 0.6) is 0 Å². The molecule has 0 heterocycles. The molecule has 0 bridgehead atoms. The second kappa shape index (κ2) is 12.3. The Morgan fingerprint density at radius 3 is 1.61 bits per heavy atom. The summed E-state index contributed by atoms with van der Waals surface area (Å²) in [6, 6.07) is 10.9. The molecular weight excluding hydrogens is 588 g/mol. The Kier molecular flexibility index (Phi) is 9.28. The summed E-state index contributed by atoms with van der Waals surface area (Å²) in [5.41, 5.74) is -4.17. The van der Waals surface area contributed by atoms with Gasteiger partial charge in [0.15, 0.2) is 0 Å². The molecule has 0 aliphatic rings. The topological polar surface area (TPSA) is 119 Å². The fraction of sp³-hybridized carbons (Fsp3) is 0.154. The van der Waals surface area contributed by atoms with E-state index in [4.69, 9.17) is 21.1 Å². The Balaban J connectivity index is 1.98. The van der Waals surface area contributed by atoms with Crippen molar-refractivity contribution in [3.63, 3.8) is 0 Å². The van der Waals surface area contributed by atoms with Crippen LogP contribution in [0.1, 0.15) is 31.8 Å². The summed E-state index contributed by atoms with van der Waals surface area (Å²) in [6.07, 6.45) is -15.0. The van der Waals surface area contributed by atoms with E-state index in [1.807, 2.05) is 0 Å². The van der Waals surface area contributed by atoms with Crippen LogP contribution in [0.3, 0.4) is 0 Å². The highest BCUT2D eigenvalue weighted by atomic mass is 35.5. The van der Waals surface area contributed by atoms with Gasteiger partial charge in [-0.2, -0.15) is 26.3 Å². The summed E-state index contributed by atoms with van der Waals surface area (Å²) < 4.78 is 88.2. The molecule has 2 atom stereocenters. The number of anilines is 1. The van der Waals surface area contributed by atoms with Crippen LogP contribution < -0.4 is 5.32 Å². The minimum absolute atomic E-state index is 0.0587. The summed E-state index contributed by atoms with van der Waals surface area (Å²) >= 11 is 5.97. The average Bonchev–Trinajstić information content (AvgIpc) is 2.90. The highest BCUT2D eigenvalue weighted by molar-refractivity contribution is 6.33. The zero-order chi connectivity index (χ0) is 30.5. The molecule has 0 unspecified atom stereocenters. The number of alkyl halides is 6. The highest BCUT2D eigenvalue weighted by Crippen LogP contribution is 2.31. The molecule has 41 heavy (non-hydrogen) atoms. The molecule has 0 saturated carbocycles. The number of carbonyl (C=O) groups is 4. The first-order valence-corrected chi connectivity index (χ1v) is 11.5. The number of carboxylic acid groups (broad SMARTS) is 1. The SMILES string of the molecule is O=C(O[C@@H](C(=O)O)[C@@H](OC(=O)c1cccc(C(F)(F)F)c1)C(=O)Nc1ccccc1Cl)c1cccc(C(F)(F)F)c1. The summed E-state index contributed by atoms with van der Waals surface area (Å²) in [4.78, 5) is 50.5. The molecule has 15 heteroatoms. The molecule has 1 amide bonds. The lowest BCUT2D eigenvalue weighted by Crippen LogP contribution is -2.48. The zero-order valence-electron chi connectivity index (χ0n) is 20.1. The van der Waals surface area contributed by atoms with E-state index in [-0.39, 0.29) is 10.7 Å². The predicted octanol–water partition coefficient (Wildman–Crippen LogP) is 5.85. The first kappa shape index (κ1) is 30.9. The Hall–Kier alpha value is -4.59. The second-order valence-electron chi connectivity index (χ2n) is 8.12. The lowest BCUT2D eigenvalue weighted by molar-refractivity contribution is -0.157. The largest absolute Gasteiger partial charge is 0.478 e. The van der Waals surface area contributed by atoms with Crippen molar-refractivity contribution in [1.82, 2.24) is 0 Å². The number of rotatable bonds is 8. The van der Waals surface area contributed by atoms with Crippen molar-refractivity contribution in [3.05, 3.63) is 100 Å². The minimum atomic E-state index is -4.87. The van der Waals surface area contributed by atoms with E-state index in [2.05, 4.69) is 5.32 Å². The maximum Gasteiger partial charge on any atom is 0.416 e. The van der Waals surface area contributed by atoms with Crippen LogP contribution >= 0.6 is 11.6 Å². The number of carboxylic acids is 1. The van der Waals surface area contributed by atoms with Crippen molar-refractivity contribution in [2.75, 3.05) is 5.32 Å². The number of amides is 1. The first-order chi connectivity index (χ1) is 19.1. The van der Waals surface area contributed by atoms with Crippen molar-refractivity contribution in [2.45, 2.75) is 24.6 Å². The lowest BCUT2D eigenvalue weighted by Gasteiger charge is -2.24. The quantitative estimate of drug-likeness (QED) is 0.245. The number of ether oxygens (including phenoxy) is 2. The van der Waals surface area contributed by atoms with Gasteiger partial charge in [-0.1, -0.05) is 35.9 Å². The molecule has 2 N–H and O–H groups in total. The predicted molar refractivity (Wildman–Crippen MR) is 129 cm³/mol. The fourth-order valence-corrected chi connectivity index (χ4v) is 3.46. The van der Waals surface area contributed by atoms with Gasteiger partial charge in [-0.3, -0.25) is 4.79 Å². The van der Waals surface area contributed by atoms with Crippen LogP contribution in [0, 0.1) is 0 Å². The number of hydrogen-bond acceptors (Lipinski definition) is 6. The number of halogens is 7. The number of carbonyl (C=O) groups excluding carboxylic acids is 3. The molecule has 0 radical (unpaired) electrons. The minimum Gasteiger partial charge on any atom is -0.478 e. The van der Waals surface area contributed by atoms with E-state index in [1.165, 1.54) is 24.3 Å². The third-order valence-electron chi connectivity index (χ3n) is 5.23. The third kappa shape index (κ3) is 7.97. The molecule has 0 saturated heterocycles. The Morgan fingerprint density at radius 2 is 1.17 bits per heavy atom. The van der Waals surface area contributed by atoms with E-state index in [9.17, 15) is 50.6 Å². The van der Waals surface area contributed by atoms with E-state index >= 15 is 0 Å². The van der Waals surface area contributed by atoms with E-state index in [0.29, 0.717) is 24.3 Å². The Labute approximate surface area is 231 Å². The first-order valence-electron chi connectivity index (χ1n) is 11.1. The lowest BCUT2D eigenvalue weighted by atomic mass is 10.1. The molecule has 0 aromatic heterocycles. The number of benzene rings is 3. The third-order valence-corrected chi connectivity index (χ3v) is 5.56. The van der Waals surface area contributed by atoms with Gasteiger partial charge in [-0.25, -0.2) is 14.4 Å². The maximum absolute atomic E-state index is 13.1. The van der Waals surface area contributed by atoms with Crippen molar-refractivity contribution >= 4 is 41.1 Å². The Morgan fingerprint density at radius 1 is 0.707 bits per heavy atom. The van der Waals surface area contributed by atoms with Gasteiger partial charge in [0.2, 0.25) is 12.2 Å². The highest BCUT2D eigenvalue weighted by Gasteiger charge is 2.42. The smallest absolute Gasteiger partial charge is 0.416 e. The van der Waals surface area contributed by atoms with Crippen molar-refractivity contribution in [3.8, 4) is 0 Å². The molecule has 3 rings (SSSR count). The molecule has 0 aliphatic carbocycles. The summed E-state index contributed by atoms with van der Waals surface area (Å²) in [5.74, 6) is -6.78. The van der Waals surface area contributed by atoms with Gasteiger partial charge < -0.3 is 19.9 Å². The van der Waals surface area contributed by atoms with Gasteiger partial charge in [-0.05, 0) is 48.5 Å². The van der Waals surface area contributed by atoms with Crippen LogP contribution in [0.15, 0.2) is 72.8 Å². The summed E-state index contributed by atoms with van der Waals surface area (Å²) in [7, 11) is 0. The number of aliphatic carboxylic acids is 1. The molecule has 8 nitrogen and oxygen atoms in total. The van der Waals surface area contributed by atoms with Crippen LogP contribution in [0.25, 0.3) is 0 Å². The van der Waals surface area contributed by atoms with Crippen molar-refractivity contribution < 1.29 is 60.1 Å². The van der Waals surface area contributed by atoms with Crippen LogP contribution in [-0.4, -0.2) is 41.1 Å². The van der Waals surface area contributed by atoms with E-state index < -0.39 is 70.6 Å². The Bertz CT molecular complexity index is 1470. The average molecular weight is 604 g/mol.